The fourth-order valence-corrected chi connectivity index (χ4v) is 12.1. The van der Waals surface area contributed by atoms with Gasteiger partial charge in [0.25, 0.3) is 0 Å². The van der Waals surface area contributed by atoms with Gasteiger partial charge in [0, 0.05) is 6.92 Å². The van der Waals surface area contributed by atoms with Gasteiger partial charge in [-0.05, 0) is 6.92 Å². The number of rotatable bonds is 22. The summed E-state index contributed by atoms with van der Waals surface area (Å²) >= 11 is 0. The summed E-state index contributed by atoms with van der Waals surface area (Å²) in [7, 11) is 0. The van der Waals surface area contributed by atoms with Crippen LogP contribution >= 0.6 is 0 Å². The lowest BCUT2D eigenvalue weighted by molar-refractivity contribution is -0.398. The number of esters is 1. The first kappa shape index (κ1) is 78.0. The van der Waals surface area contributed by atoms with E-state index in [-0.39, 0.29) is 0 Å². The first-order valence-corrected chi connectivity index (χ1v) is 30.6. The summed E-state index contributed by atoms with van der Waals surface area (Å²) in [6.07, 6.45) is -83.2. The van der Waals surface area contributed by atoms with Crippen LogP contribution in [0.5, 0.6) is 0 Å². The number of carbonyl (C=O) groups is 1. The standard InChI is InChI=1S/C53H88O43/c1-11-21(60)26(65)34(73)48(85-11)95-44-38(77)40(86-12(2)56)17(4-55)88-53(44)96-43-24(63)15(59)7-81-52(43)84-10-20-42(29(68)36(75)50(91-20)92-39-16(3-54)87-45(78)31(70)28(39)67)94-51-37(76)30(69)41(19(90-51)9-83-47-33(72)23(62)14(58)6-80-47)93-49-35(74)27(66)25(64)18(89-49)8-82-46-32(71)22(61)13(57)5-79-46/h11,13-55,57-78H,3-10H2,1-2H3/t11-,13+,14+,15+,16+,17+,18+,19+,20+,21+,22-,23-,24-,25+,26+,27-,28+,29+,30+,31+,32+,33+,34-,35+,36+,37+,38-,39+,40-,41+,42+,43+,44+,45+,46+,47+,48-,49-,50-,51-,52+,53-/m0/s1. The molecule has 43 heteroatoms. The van der Waals surface area contributed by atoms with Crippen molar-refractivity contribution in [3.05, 3.63) is 0 Å². The van der Waals surface area contributed by atoms with E-state index in [4.69, 9.17) is 85.3 Å². The van der Waals surface area contributed by atoms with Gasteiger partial charge in [0.05, 0.1) is 59.0 Å². The minimum Gasteiger partial charge on any atom is -0.457 e. The molecule has 0 amide bonds. The predicted molar refractivity (Wildman–Crippen MR) is 287 cm³/mol. The number of ether oxygens (including phenoxy) is 18. The summed E-state index contributed by atoms with van der Waals surface area (Å²) < 4.78 is 103. The quantitative estimate of drug-likeness (QED) is 0.0448. The number of hydrogen-bond donors (Lipinski definition) is 24. The van der Waals surface area contributed by atoms with Crippen LogP contribution < -0.4 is 0 Å². The minimum absolute atomic E-state index is 0.516. The van der Waals surface area contributed by atoms with E-state index in [1.54, 1.807) is 0 Å². The third kappa shape index (κ3) is 16.9. The van der Waals surface area contributed by atoms with Gasteiger partial charge in [0.15, 0.2) is 62.7 Å². The summed E-state index contributed by atoms with van der Waals surface area (Å²) in [5, 5.41) is 261. The Morgan fingerprint density at radius 3 is 1.15 bits per heavy atom. The van der Waals surface area contributed by atoms with Crippen LogP contribution in [0, 0.1) is 0 Å². The van der Waals surface area contributed by atoms with Crippen molar-refractivity contribution >= 4 is 5.97 Å². The zero-order valence-corrected chi connectivity index (χ0v) is 50.9. The van der Waals surface area contributed by atoms with E-state index in [1.165, 1.54) is 6.92 Å². The Bertz CT molecular complexity index is 2400. The Hall–Kier alpha value is -2.17. The molecule has 96 heavy (non-hydrogen) atoms. The van der Waals surface area contributed by atoms with Gasteiger partial charge in [-0.2, -0.15) is 0 Å². The number of aliphatic hydroxyl groups excluding tert-OH is 24. The van der Waals surface area contributed by atoms with Crippen molar-refractivity contribution in [3.8, 4) is 0 Å². The van der Waals surface area contributed by atoms with Crippen molar-refractivity contribution in [2.45, 2.75) is 272 Å². The monoisotopic (exact) mass is 1410 g/mol. The third-order valence-corrected chi connectivity index (χ3v) is 17.8. The molecule has 0 spiro atoms. The van der Waals surface area contributed by atoms with E-state index in [0.717, 1.165) is 6.92 Å². The first-order valence-electron chi connectivity index (χ1n) is 30.6. The highest BCUT2D eigenvalue weighted by Crippen LogP contribution is 2.38. The molecule has 9 fully saturated rings. The summed E-state index contributed by atoms with van der Waals surface area (Å²) in [6.45, 7) is -4.58. The van der Waals surface area contributed by atoms with E-state index < -0.39 is 317 Å². The second-order valence-corrected chi connectivity index (χ2v) is 24.5. The van der Waals surface area contributed by atoms with Gasteiger partial charge < -0.3 is 208 Å². The van der Waals surface area contributed by atoms with E-state index in [1.807, 2.05) is 0 Å². The summed E-state index contributed by atoms with van der Waals surface area (Å²) in [5.74, 6) is -1.01. The molecule has 42 atom stereocenters. The second-order valence-electron chi connectivity index (χ2n) is 24.5. The fourth-order valence-electron chi connectivity index (χ4n) is 12.1. The van der Waals surface area contributed by atoms with Crippen LogP contribution in [0.25, 0.3) is 0 Å². The van der Waals surface area contributed by atoms with E-state index in [9.17, 15) is 127 Å². The molecule has 558 valence electrons. The van der Waals surface area contributed by atoms with Crippen molar-refractivity contribution in [2.75, 3.05) is 52.9 Å². The summed E-state index contributed by atoms with van der Waals surface area (Å²) in [5.41, 5.74) is 0. The topological polar surface area (TPSA) is 669 Å². The van der Waals surface area contributed by atoms with Crippen LogP contribution in [0.3, 0.4) is 0 Å². The van der Waals surface area contributed by atoms with Gasteiger partial charge in [0.1, 0.15) is 189 Å². The minimum atomic E-state index is -2.44. The molecule has 0 aromatic carbocycles. The van der Waals surface area contributed by atoms with Gasteiger partial charge in [0.2, 0.25) is 0 Å². The molecule has 0 bridgehead atoms. The highest BCUT2D eigenvalue weighted by molar-refractivity contribution is 5.66. The predicted octanol–water partition coefficient (Wildman–Crippen LogP) is -17.1. The molecule has 9 saturated heterocycles. The molecule has 0 radical (unpaired) electrons. The average molecular weight is 1410 g/mol. The molecule has 9 heterocycles. The van der Waals surface area contributed by atoms with Crippen molar-refractivity contribution in [1.29, 1.82) is 0 Å². The van der Waals surface area contributed by atoms with Gasteiger partial charge in [-0.25, -0.2) is 0 Å². The first-order chi connectivity index (χ1) is 45.4. The fraction of sp³-hybridized carbons (Fsp3) is 0.981. The van der Waals surface area contributed by atoms with Crippen LogP contribution in [-0.4, -0.2) is 439 Å². The molecule has 9 aliphatic heterocycles. The molecule has 0 aromatic rings. The molecular weight excluding hydrogens is 1320 g/mol. The van der Waals surface area contributed by atoms with Gasteiger partial charge >= 0.3 is 5.97 Å². The largest absolute Gasteiger partial charge is 0.457 e. The maximum absolute atomic E-state index is 12.2. The van der Waals surface area contributed by atoms with Crippen LogP contribution in [0.15, 0.2) is 0 Å². The average Bonchev–Trinajstić information content (AvgIpc) is 0.779. The van der Waals surface area contributed by atoms with E-state index >= 15 is 0 Å². The Kier molecular flexibility index (Phi) is 27.2. The summed E-state index contributed by atoms with van der Waals surface area (Å²) in [4.78, 5) is 12.2. The van der Waals surface area contributed by atoms with E-state index in [2.05, 4.69) is 0 Å². The van der Waals surface area contributed by atoms with Crippen molar-refractivity contribution in [3.63, 3.8) is 0 Å². The lowest BCUT2D eigenvalue weighted by Gasteiger charge is -2.50. The molecular formula is C53H88O43. The lowest BCUT2D eigenvalue weighted by atomic mass is 9.95. The molecule has 9 rings (SSSR count). The molecule has 0 saturated carbocycles. The zero-order chi connectivity index (χ0) is 70.2. The van der Waals surface area contributed by atoms with Crippen LogP contribution in [0.2, 0.25) is 0 Å². The van der Waals surface area contributed by atoms with Crippen molar-refractivity contribution in [1.82, 2.24) is 0 Å². The Morgan fingerprint density at radius 2 is 0.656 bits per heavy atom. The normalized spacial score (nSPS) is 53.0. The molecule has 0 aromatic heterocycles. The number of carbonyl (C=O) groups excluding carboxylic acids is 1. The molecule has 0 aliphatic carbocycles. The molecule has 0 unspecified atom stereocenters. The molecule has 9 aliphatic rings. The molecule has 43 nitrogen and oxygen atoms in total. The highest BCUT2D eigenvalue weighted by atomic mass is 16.8. The van der Waals surface area contributed by atoms with Crippen molar-refractivity contribution < 1.29 is 213 Å². The lowest BCUT2D eigenvalue weighted by Crippen LogP contribution is -2.68. The van der Waals surface area contributed by atoms with Gasteiger partial charge in [-0.1, -0.05) is 0 Å². The zero-order valence-electron chi connectivity index (χ0n) is 50.9. The van der Waals surface area contributed by atoms with E-state index in [0.29, 0.717) is 0 Å². The van der Waals surface area contributed by atoms with Crippen LogP contribution in [0.4, 0.5) is 0 Å². The SMILES string of the molecule is CC(=O)O[C@@H]1[C@H](O)[C@@H](O[C@@H]2O[C@@H](C)[C@@H](O)[C@@H](O)[C@@H]2O)[C@H](O[C@H]2[C@@H](OC[C@H]3O[C@@H](O[C@H]4[C@H](O)[C@@H](O)[C@H](O)O[C@@H]4CO)[C@H](O)[C@@H](O)[C@@H]3O[C@@H]3O[C@H](CO[C@H]4OC[C@@H](O)[C@H](O)[C@H]4O)[C@@H](O[C@@H]4O[C@H](CO[C@H]5OC[C@@H](O)[C@H](O)[C@H]5O)[C@@H](O)[C@H](O)[C@H]4O)[C@H](O)[C@H]3O)OC[C@@H](O)[C@@H]2O)O[C@@H]1CO. The second kappa shape index (κ2) is 33.5. The Labute approximate surface area is 542 Å². The maximum atomic E-state index is 12.2. The Balaban J connectivity index is 0.994. The van der Waals surface area contributed by atoms with Gasteiger partial charge in [-0.15, -0.1) is 0 Å². The summed E-state index contributed by atoms with van der Waals surface area (Å²) in [6, 6.07) is 0. The smallest absolute Gasteiger partial charge is 0.303 e. The van der Waals surface area contributed by atoms with Gasteiger partial charge in [-0.3, -0.25) is 4.79 Å². The number of aliphatic hydroxyl groups is 24. The third-order valence-electron chi connectivity index (χ3n) is 17.8. The van der Waals surface area contributed by atoms with Crippen LogP contribution in [0.1, 0.15) is 13.8 Å². The Morgan fingerprint density at radius 1 is 0.312 bits per heavy atom. The van der Waals surface area contributed by atoms with Crippen molar-refractivity contribution in [2.24, 2.45) is 0 Å². The highest BCUT2D eigenvalue weighted by Gasteiger charge is 2.59. The number of hydrogen-bond acceptors (Lipinski definition) is 43. The molecule has 24 N–H and O–H groups in total. The van der Waals surface area contributed by atoms with Crippen LogP contribution in [-0.2, 0) is 90.1 Å². The maximum Gasteiger partial charge on any atom is 0.303 e.